The third-order valence-electron chi connectivity index (χ3n) is 4.72. The highest BCUT2D eigenvalue weighted by Crippen LogP contribution is 2.40. The van der Waals surface area contributed by atoms with Gasteiger partial charge in [0.25, 0.3) is 5.91 Å². The highest BCUT2D eigenvalue weighted by molar-refractivity contribution is 6.05. The van der Waals surface area contributed by atoms with Crippen LogP contribution < -0.4 is 10.1 Å². The van der Waals surface area contributed by atoms with Crippen LogP contribution in [-0.2, 0) is 0 Å². The van der Waals surface area contributed by atoms with E-state index in [2.05, 4.69) is 24.3 Å². The van der Waals surface area contributed by atoms with Crippen molar-refractivity contribution in [3.8, 4) is 5.75 Å². The van der Waals surface area contributed by atoms with E-state index < -0.39 is 0 Å². The Morgan fingerprint density at radius 3 is 2.78 bits per heavy atom. The predicted molar refractivity (Wildman–Crippen MR) is 104 cm³/mol. The maximum absolute atomic E-state index is 12.8. The minimum atomic E-state index is -0.107. The third-order valence-corrected chi connectivity index (χ3v) is 4.72. The zero-order valence-electron chi connectivity index (χ0n) is 15.7. The average Bonchev–Trinajstić information content (AvgIpc) is 3.44. The molecule has 0 bridgehead atoms. The normalized spacial score (nSPS) is 13.9. The molecule has 6 nitrogen and oxygen atoms in total. The molecular formula is C21H24N4O2. The summed E-state index contributed by atoms with van der Waals surface area (Å²) < 4.78 is 7.53. The number of hydrogen-bond acceptors (Lipinski definition) is 4. The number of carbonyl (C=O) groups is 1. The van der Waals surface area contributed by atoms with Gasteiger partial charge in [0.1, 0.15) is 12.4 Å². The summed E-state index contributed by atoms with van der Waals surface area (Å²) in [6.07, 6.45) is 4.02. The first kappa shape index (κ1) is 17.5. The molecule has 1 fully saturated rings. The van der Waals surface area contributed by atoms with Crippen LogP contribution in [0.15, 0.2) is 42.6 Å². The van der Waals surface area contributed by atoms with E-state index in [9.17, 15) is 4.79 Å². The van der Waals surface area contributed by atoms with Crippen LogP contribution in [0.5, 0.6) is 5.75 Å². The minimum Gasteiger partial charge on any atom is -0.492 e. The van der Waals surface area contributed by atoms with Crippen LogP contribution in [-0.4, -0.2) is 33.8 Å². The van der Waals surface area contributed by atoms with Crippen LogP contribution in [0.1, 0.15) is 54.7 Å². The molecule has 0 aliphatic heterocycles. The van der Waals surface area contributed by atoms with Gasteiger partial charge < -0.3 is 10.1 Å². The van der Waals surface area contributed by atoms with Gasteiger partial charge in [-0.1, -0.05) is 18.2 Å². The third kappa shape index (κ3) is 3.79. The van der Waals surface area contributed by atoms with E-state index in [0.29, 0.717) is 24.6 Å². The van der Waals surface area contributed by atoms with Crippen molar-refractivity contribution in [2.24, 2.45) is 0 Å². The number of amides is 1. The molecule has 0 unspecified atom stereocenters. The Kier molecular flexibility index (Phi) is 4.79. The Bertz CT molecular complexity index is 945. The molecular weight excluding hydrogens is 340 g/mol. The van der Waals surface area contributed by atoms with Gasteiger partial charge in [0.2, 0.25) is 0 Å². The number of carbonyl (C=O) groups excluding carboxylic acids is 1. The molecule has 1 N–H and O–H groups in total. The van der Waals surface area contributed by atoms with E-state index in [4.69, 9.17) is 9.72 Å². The number of rotatable bonds is 7. The average molecular weight is 364 g/mol. The molecule has 1 aromatic carbocycles. The zero-order chi connectivity index (χ0) is 18.8. The van der Waals surface area contributed by atoms with E-state index in [1.807, 2.05) is 41.1 Å². The van der Waals surface area contributed by atoms with Crippen molar-refractivity contribution in [2.45, 2.75) is 38.6 Å². The lowest BCUT2D eigenvalue weighted by molar-refractivity contribution is 0.0948. The first-order valence-electron chi connectivity index (χ1n) is 9.47. The number of pyridine rings is 1. The van der Waals surface area contributed by atoms with E-state index in [0.717, 1.165) is 35.3 Å². The van der Waals surface area contributed by atoms with Gasteiger partial charge >= 0.3 is 0 Å². The number of nitrogens with one attached hydrogen (secondary N) is 1. The fraction of sp³-hybridized carbons (Fsp3) is 0.381. The fourth-order valence-corrected chi connectivity index (χ4v) is 3.14. The molecule has 1 saturated carbocycles. The Balaban J connectivity index is 1.50. The first-order valence-corrected chi connectivity index (χ1v) is 9.47. The standard InChI is InChI=1S/C21H24N4O2/c1-14(2)25-20-18(13-23-25)17(12-19(24-20)15-8-9-15)21(26)22-10-11-27-16-6-4-3-5-7-16/h3-7,12-15H,8-11H2,1-2H3,(H,22,26). The lowest BCUT2D eigenvalue weighted by Gasteiger charge is -2.11. The lowest BCUT2D eigenvalue weighted by atomic mass is 10.1. The summed E-state index contributed by atoms with van der Waals surface area (Å²) in [5.74, 6) is 1.16. The maximum Gasteiger partial charge on any atom is 0.252 e. The molecule has 27 heavy (non-hydrogen) atoms. The molecule has 2 aromatic heterocycles. The lowest BCUT2D eigenvalue weighted by Crippen LogP contribution is -2.28. The maximum atomic E-state index is 12.8. The van der Waals surface area contributed by atoms with Crippen molar-refractivity contribution in [2.75, 3.05) is 13.2 Å². The van der Waals surface area contributed by atoms with Crippen molar-refractivity contribution in [1.82, 2.24) is 20.1 Å². The van der Waals surface area contributed by atoms with E-state index >= 15 is 0 Å². The van der Waals surface area contributed by atoms with Crippen LogP contribution in [0, 0.1) is 0 Å². The van der Waals surface area contributed by atoms with Gasteiger partial charge in [-0.3, -0.25) is 4.79 Å². The van der Waals surface area contributed by atoms with Crippen LogP contribution in [0.25, 0.3) is 11.0 Å². The molecule has 4 rings (SSSR count). The smallest absolute Gasteiger partial charge is 0.252 e. The number of ether oxygens (including phenoxy) is 1. The highest BCUT2D eigenvalue weighted by atomic mass is 16.5. The van der Waals surface area contributed by atoms with E-state index in [1.54, 1.807) is 6.20 Å². The van der Waals surface area contributed by atoms with Crippen LogP contribution in [0.2, 0.25) is 0 Å². The van der Waals surface area contributed by atoms with Crippen molar-refractivity contribution in [1.29, 1.82) is 0 Å². The summed E-state index contributed by atoms with van der Waals surface area (Å²) in [4.78, 5) is 17.6. The second-order valence-electron chi connectivity index (χ2n) is 7.21. The largest absolute Gasteiger partial charge is 0.492 e. The second-order valence-corrected chi connectivity index (χ2v) is 7.21. The Morgan fingerprint density at radius 2 is 2.07 bits per heavy atom. The molecule has 0 saturated heterocycles. The summed E-state index contributed by atoms with van der Waals surface area (Å²) in [6.45, 7) is 5.00. The molecule has 140 valence electrons. The summed E-state index contributed by atoms with van der Waals surface area (Å²) in [5, 5.41) is 8.20. The summed E-state index contributed by atoms with van der Waals surface area (Å²) >= 11 is 0. The first-order chi connectivity index (χ1) is 13.1. The van der Waals surface area contributed by atoms with Crippen molar-refractivity contribution in [3.05, 3.63) is 53.9 Å². The summed E-state index contributed by atoms with van der Waals surface area (Å²) in [6, 6.07) is 11.7. The predicted octanol–water partition coefficient (Wildman–Crippen LogP) is 3.70. The number of fused-ring (bicyclic) bond motifs is 1. The molecule has 3 aromatic rings. The zero-order valence-corrected chi connectivity index (χ0v) is 15.7. The topological polar surface area (TPSA) is 69.0 Å². The Hall–Kier alpha value is -2.89. The minimum absolute atomic E-state index is 0.107. The van der Waals surface area contributed by atoms with Crippen molar-refractivity contribution < 1.29 is 9.53 Å². The molecule has 1 amide bonds. The van der Waals surface area contributed by atoms with Gasteiger partial charge in [-0.15, -0.1) is 0 Å². The second kappa shape index (κ2) is 7.39. The Morgan fingerprint density at radius 1 is 1.30 bits per heavy atom. The van der Waals surface area contributed by atoms with Gasteiger partial charge in [0, 0.05) is 17.7 Å². The van der Waals surface area contributed by atoms with Crippen molar-refractivity contribution in [3.63, 3.8) is 0 Å². The molecule has 2 heterocycles. The number of benzene rings is 1. The molecule has 1 aliphatic carbocycles. The van der Waals surface area contributed by atoms with Gasteiger partial charge in [0.15, 0.2) is 5.65 Å². The molecule has 0 spiro atoms. The van der Waals surface area contributed by atoms with Gasteiger partial charge in [-0.2, -0.15) is 5.10 Å². The molecule has 6 heteroatoms. The van der Waals surface area contributed by atoms with E-state index in [-0.39, 0.29) is 11.9 Å². The number of nitrogens with zero attached hydrogens (tertiary/aromatic N) is 3. The highest BCUT2D eigenvalue weighted by Gasteiger charge is 2.28. The Labute approximate surface area is 158 Å². The van der Waals surface area contributed by atoms with Crippen LogP contribution in [0.4, 0.5) is 0 Å². The van der Waals surface area contributed by atoms with Crippen LogP contribution in [0.3, 0.4) is 0 Å². The summed E-state index contributed by atoms with van der Waals surface area (Å²) in [5.41, 5.74) is 2.43. The molecule has 1 aliphatic rings. The number of hydrogen-bond donors (Lipinski definition) is 1. The summed E-state index contributed by atoms with van der Waals surface area (Å²) in [7, 11) is 0. The fourth-order valence-electron chi connectivity index (χ4n) is 3.14. The van der Waals surface area contributed by atoms with Gasteiger partial charge in [-0.05, 0) is 44.9 Å². The van der Waals surface area contributed by atoms with Crippen LogP contribution >= 0.6 is 0 Å². The SMILES string of the molecule is CC(C)n1ncc2c(C(=O)NCCOc3ccccc3)cc(C3CC3)nc21. The van der Waals surface area contributed by atoms with Crippen molar-refractivity contribution >= 4 is 16.9 Å². The monoisotopic (exact) mass is 364 g/mol. The number of para-hydroxylation sites is 1. The molecule has 0 radical (unpaired) electrons. The molecule has 0 atom stereocenters. The van der Waals surface area contributed by atoms with Gasteiger partial charge in [0.05, 0.1) is 23.7 Å². The quantitative estimate of drug-likeness (QED) is 0.649. The number of aromatic nitrogens is 3. The van der Waals surface area contributed by atoms with E-state index in [1.165, 1.54) is 0 Å². The van der Waals surface area contributed by atoms with Gasteiger partial charge in [-0.25, -0.2) is 9.67 Å².